The van der Waals surface area contributed by atoms with Crippen LogP contribution in [0.1, 0.15) is 57.8 Å². The van der Waals surface area contributed by atoms with E-state index in [0.717, 1.165) is 32.1 Å². The van der Waals surface area contributed by atoms with Crippen LogP contribution < -0.4 is 5.73 Å². The molecule has 5 nitrogen and oxygen atoms in total. The third-order valence-electron chi connectivity index (χ3n) is 6.00. The van der Waals surface area contributed by atoms with E-state index in [4.69, 9.17) is 22.1 Å². The lowest BCUT2D eigenvalue weighted by Gasteiger charge is -2.29. The molecule has 150 valence electrons. The van der Waals surface area contributed by atoms with Gasteiger partial charge in [0.05, 0.1) is 18.8 Å². The summed E-state index contributed by atoms with van der Waals surface area (Å²) in [7, 11) is 0. The van der Waals surface area contributed by atoms with Crippen LogP contribution in [-0.2, 0) is 9.53 Å². The van der Waals surface area contributed by atoms with Gasteiger partial charge in [0.15, 0.2) is 0 Å². The van der Waals surface area contributed by atoms with Gasteiger partial charge >= 0.3 is 0 Å². The third kappa shape index (κ3) is 6.84. The first-order valence-electron chi connectivity index (χ1n) is 10.00. The largest absolute Gasteiger partial charge is 0.393 e. The van der Waals surface area contributed by atoms with Crippen LogP contribution in [0.3, 0.4) is 0 Å². The molecule has 0 aromatic heterocycles. The molecular formula is C20H34ClNO4. The topological polar surface area (TPSA) is 92.8 Å². The average Bonchev–Trinajstić information content (AvgIpc) is 2.89. The predicted molar refractivity (Wildman–Crippen MR) is 103 cm³/mol. The molecule has 0 bridgehead atoms. The molecule has 2 aliphatic carbocycles. The molecule has 2 rings (SSSR count). The molecular weight excluding hydrogens is 354 g/mol. The van der Waals surface area contributed by atoms with Crippen molar-refractivity contribution in [2.75, 3.05) is 13.2 Å². The van der Waals surface area contributed by atoms with Gasteiger partial charge in [0.2, 0.25) is 5.91 Å². The van der Waals surface area contributed by atoms with Crippen molar-refractivity contribution in [1.82, 2.24) is 0 Å². The highest BCUT2D eigenvalue weighted by molar-refractivity contribution is 6.21. The average molecular weight is 388 g/mol. The fourth-order valence-electron chi connectivity index (χ4n) is 4.53. The lowest BCUT2D eigenvalue weighted by Crippen LogP contribution is -2.26. The van der Waals surface area contributed by atoms with Crippen LogP contribution >= 0.6 is 11.6 Å². The zero-order valence-corrected chi connectivity index (χ0v) is 16.3. The number of halogens is 1. The van der Waals surface area contributed by atoms with Crippen LogP contribution in [0.4, 0.5) is 0 Å². The molecule has 2 saturated carbocycles. The fraction of sp³-hybridized carbons (Fsp3) is 0.850. The summed E-state index contributed by atoms with van der Waals surface area (Å²) in [5, 5.41) is 20.9. The number of nitrogens with two attached hydrogens (primary N) is 1. The zero-order chi connectivity index (χ0) is 18.9. The first-order chi connectivity index (χ1) is 12.5. The van der Waals surface area contributed by atoms with Gasteiger partial charge < -0.3 is 20.7 Å². The summed E-state index contributed by atoms with van der Waals surface area (Å²) >= 11 is 6.46. The second kappa shape index (κ2) is 11.3. The quantitative estimate of drug-likeness (QED) is 0.305. The van der Waals surface area contributed by atoms with E-state index in [2.05, 4.69) is 0 Å². The molecule has 0 radical (unpaired) electrons. The van der Waals surface area contributed by atoms with Crippen molar-refractivity contribution in [3.8, 4) is 0 Å². The SMILES string of the molecule is NC(=O)COC/C=C\CC1C(CC[C@H](O)C2CCCCC2)[C@@H](O)C[C@@H]1Cl. The number of aliphatic hydroxyl groups excluding tert-OH is 2. The normalized spacial score (nSPS) is 31.5. The maximum absolute atomic E-state index is 10.6. The molecule has 0 spiro atoms. The van der Waals surface area contributed by atoms with Crippen LogP contribution in [-0.4, -0.2) is 46.9 Å². The van der Waals surface area contributed by atoms with E-state index in [1.165, 1.54) is 19.3 Å². The van der Waals surface area contributed by atoms with Crippen LogP contribution in [0.15, 0.2) is 12.2 Å². The Balaban J connectivity index is 1.77. The number of hydrogen-bond acceptors (Lipinski definition) is 4. The van der Waals surface area contributed by atoms with Gasteiger partial charge in [-0.3, -0.25) is 4.79 Å². The molecule has 0 aliphatic heterocycles. The van der Waals surface area contributed by atoms with E-state index in [1.807, 2.05) is 12.2 Å². The van der Waals surface area contributed by atoms with Crippen LogP contribution in [0, 0.1) is 17.8 Å². The molecule has 0 heterocycles. The minimum atomic E-state index is -0.477. The summed E-state index contributed by atoms with van der Waals surface area (Å²) < 4.78 is 5.10. The maximum atomic E-state index is 10.6. The van der Waals surface area contributed by atoms with Crippen molar-refractivity contribution < 1.29 is 19.7 Å². The molecule has 2 aliphatic rings. The van der Waals surface area contributed by atoms with Crippen molar-refractivity contribution in [3.05, 3.63) is 12.2 Å². The van der Waals surface area contributed by atoms with E-state index in [0.29, 0.717) is 18.9 Å². The van der Waals surface area contributed by atoms with E-state index in [-0.39, 0.29) is 36.0 Å². The minimum absolute atomic E-state index is 0.0435. The first kappa shape index (κ1) is 21.7. The Morgan fingerprint density at radius 2 is 1.96 bits per heavy atom. The zero-order valence-electron chi connectivity index (χ0n) is 15.6. The Morgan fingerprint density at radius 3 is 2.65 bits per heavy atom. The van der Waals surface area contributed by atoms with Crippen molar-refractivity contribution in [1.29, 1.82) is 0 Å². The number of carbonyl (C=O) groups is 1. The van der Waals surface area contributed by atoms with E-state index >= 15 is 0 Å². The summed E-state index contributed by atoms with van der Waals surface area (Å²) in [6.07, 6.45) is 12.2. The summed E-state index contributed by atoms with van der Waals surface area (Å²) in [4.78, 5) is 10.6. The Kier molecular flexibility index (Phi) is 9.40. The highest BCUT2D eigenvalue weighted by Crippen LogP contribution is 2.42. The molecule has 0 aromatic rings. The smallest absolute Gasteiger partial charge is 0.243 e. The van der Waals surface area contributed by atoms with Crippen LogP contribution in [0.25, 0.3) is 0 Å². The van der Waals surface area contributed by atoms with E-state index in [1.54, 1.807) is 0 Å². The lowest BCUT2D eigenvalue weighted by molar-refractivity contribution is -0.122. The lowest BCUT2D eigenvalue weighted by atomic mass is 9.81. The second-order valence-corrected chi connectivity index (χ2v) is 8.44. The van der Waals surface area contributed by atoms with Gasteiger partial charge in [0.1, 0.15) is 6.61 Å². The maximum Gasteiger partial charge on any atom is 0.243 e. The monoisotopic (exact) mass is 387 g/mol. The number of amides is 1. The third-order valence-corrected chi connectivity index (χ3v) is 6.50. The molecule has 4 N–H and O–H groups in total. The molecule has 0 aromatic carbocycles. The summed E-state index contributed by atoms with van der Waals surface area (Å²) in [5.74, 6) is 0.286. The predicted octanol–water partition coefficient (Wildman–Crippen LogP) is 2.76. The van der Waals surface area contributed by atoms with Gasteiger partial charge in [-0.15, -0.1) is 11.6 Å². The van der Waals surface area contributed by atoms with Crippen LogP contribution in [0.2, 0.25) is 0 Å². The summed E-state index contributed by atoms with van der Waals surface area (Å²) in [6, 6.07) is 0. The van der Waals surface area contributed by atoms with Gasteiger partial charge in [-0.2, -0.15) is 0 Å². The highest BCUT2D eigenvalue weighted by Gasteiger charge is 2.40. The number of alkyl halides is 1. The van der Waals surface area contributed by atoms with Gasteiger partial charge in [-0.1, -0.05) is 31.4 Å². The Morgan fingerprint density at radius 1 is 1.23 bits per heavy atom. The number of aliphatic hydroxyl groups is 2. The minimum Gasteiger partial charge on any atom is -0.393 e. The van der Waals surface area contributed by atoms with Gasteiger partial charge in [-0.05, 0) is 56.3 Å². The highest BCUT2D eigenvalue weighted by atomic mass is 35.5. The number of carbonyl (C=O) groups excluding carboxylic acids is 1. The fourth-order valence-corrected chi connectivity index (χ4v) is 5.00. The van der Waals surface area contributed by atoms with Gasteiger partial charge in [0, 0.05) is 5.38 Å². The van der Waals surface area contributed by atoms with Crippen molar-refractivity contribution in [2.24, 2.45) is 23.5 Å². The number of rotatable bonds is 10. The summed E-state index contributed by atoms with van der Waals surface area (Å²) in [5.41, 5.74) is 5.02. The number of allylic oxidation sites excluding steroid dienone is 1. The molecule has 2 fully saturated rings. The van der Waals surface area contributed by atoms with Crippen LogP contribution in [0.5, 0.6) is 0 Å². The summed E-state index contributed by atoms with van der Waals surface area (Å²) in [6.45, 7) is 0.266. The molecule has 0 saturated heterocycles. The van der Waals surface area contributed by atoms with E-state index in [9.17, 15) is 15.0 Å². The van der Waals surface area contributed by atoms with Crippen molar-refractivity contribution in [2.45, 2.75) is 75.4 Å². The first-order valence-corrected chi connectivity index (χ1v) is 10.4. The van der Waals surface area contributed by atoms with Crippen molar-refractivity contribution >= 4 is 17.5 Å². The molecule has 5 atom stereocenters. The standard InChI is InChI=1S/C20H34ClNO4/c21-17-12-19(24)16(9-10-18(23)14-6-2-1-3-7-14)15(17)8-4-5-11-26-13-20(22)25/h4-5,14-19,23-24H,1-3,6-13H2,(H2,22,25)/b5-4-/t15?,16?,17-,18-,19-/m0/s1. The Hall–Kier alpha value is -0.620. The molecule has 1 amide bonds. The molecule has 26 heavy (non-hydrogen) atoms. The molecule has 6 heteroatoms. The molecule has 2 unspecified atom stereocenters. The van der Waals surface area contributed by atoms with Crippen molar-refractivity contribution in [3.63, 3.8) is 0 Å². The second-order valence-electron chi connectivity index (χ2n) is 7.88. The Labute approximate surface area is 161 Å². The Bertz CT molecular complexity index is 453. The number of ether oxygens (including phenoxy) is 1. The number of hydrogen-bond donors (Lipinski definition) is 3. The van der Waals surface area contributed by atoms with E-state index < -0.39 is 5.91 Å². The van der Waals surface area contributed by atoms with Gasteiger partial charge in [-0.25, -0.2) is 0 Å². The van der Waals surface area contributed by atoms with Gasteiger partial charge in [0.25, 0.3) is 0 Å². The number of primary amides is 1.